The van der Waals surface area contributed by atoms with E-state index in [4.69, 9.17) is 9.47 Å². The molecule has 0 aliphatic carbocycles. The second-order valence-corrected chi connectivity index (χ2v) is 6.76. The number of ether oxygens (including phenoxy) is 2. The van der Waals surface area contributed by atoms with Crippen LogP contribution in [0.1, 0.15) is 24.0 Å². The fourth-order valence-electron chi connectivity index (χ4n) is 3.63. The van der Waals surface area contributed by atoms with Crippen molar-refractivity contribution in [2.75, 3.05) is 13.2 Å². The monoisotopic (exact) mass is 381 g/mol. The van der Waals surface area contributed by atoms with E-state index in [1.807, 2.05) is 18.2 Å². The molecule has 27 heavy (non-hydrogen) atoms. The molecule has 0 bridgehead atoms. The van der Waals surface area contributed by atoms with E-state index in [1.165, 1.54) is 4.90 Å². The smallest absolute Gasteiger partial charge is 0.406 e. The van der Waals surface area contributed by atoms with Gasteiger partial charge in [0.05, 0.1) is 25.1 Å². The maximum Gasteiger partial charge on any atom is 0.406 e. The molecule has 1 atom stereocenters. The van der Waals surface area contributed by atoms with E-state index in [-0.39, 0.29) is 24.9 Å². The number of azo groups is 1. The first-order chi connectivity index (χ1) is 12.9. The van der Waals surface area contributed by atoms with Crippen LogP contribution in [0.5, 0.6) is 5.75 Å². The number of fused-ring (bicyclic) bond motifs is 1. The minimum absolute atomic E-state index is 0.0338. The first-order valence-corrected chi connectivity index (χ1v) is 8.75. The van der Waals surface area contributed by atoms with Crippen LogP contribution in [0.3, 0.4) is 0 Å². The highest BCUT2D eigenvalue weighted by Gasteiger charge is 2.50. The van der Waals surface area contributed by atoms with Gasteiger partial charge in [0.2, 0.25) is 0 Å². The summed E-state index contributed by atoms with van der Waals surface area (Å²) in [5, 5.41) is 6.52. The van der Waals surface area contributed by atoms with Crippen LogP contribution in [0, 0.1) is 5.92 Å². The van der Waals surface area contributed by atoms with Crippen molar-refractivity contribution in [3.05, 3.63) is 41.2 Å². The van der Waals surface area contributed by atoms with Crippen LogP contribution in [-0.4, -0.2) is 36.3 Å². The number of alkyl halides is 3. The molecule has 1 unspecified atom stereocenters. The SMILES string of the molecule is O=C1N=NC=C(N2Cc3cccc(OC4CCOCC4)c3C2)C1C(F)(F)F. The van der Waals surface area contributed by atoms with Gasteiger partial charge in [-0.3, -0.25) is 4.79 Å². The van der Waals surface area contributed by atoms with Crippen LogP contribution >= 0.6 is 0 Å². The topological polar surface area (TPSA) is 63.5 Å². The molecule has 1 saturated heterocycles. The predicted octanol–water partition coefficient (Wildman–Crippen LogP) is 3.57. The molecule has 0 spiro atoms. The molecule has 1 aromatic carbocycles. The number of hydrogen-bond acceptors (Lipinski definition) is 5. The standard InChI is InChI=1S/C18H18F3N3O3/c19-18(20,21)16-14(8-22-23-17(16)25)24-9-11-2-1-3-15(13(11)10-24)27-12-4-6-26-7-5-12/h1-3,8,12,16H,4-7,9-10H2. The molecule has 0 saturated carbocycles. The fraction of sp³-hybridized carbons (Fsp3) is 0.500. The van der Waals surface area contributed by atoms with Gasteiger partial charge in [0, 0.05) is 31.5 Å². The van der Waals surface area contributed by atoms with Crippen molar-refractivity contribution in [1.29, 1.82) is 0 Å². The minimum Gasteiger partial charge on any atom is -0.490 e. The van der Waals surface area contributed by atoms with Gasteiger partial charge in [-0.25, -0.2) is 0 Å². The summed E-state index contributed by atoms with van der Waals surface area (Å²) >= 11 is 0. The van der Waals surface area contributed by atoms with E-state index in [0.29, 0.717) is 19.0 Å². The molecule has 1 aromatic rings. The van der Waals surface area contributed by atoms with Crippen LogP contribution < -0.4 is 4.74 Å². The Labute approximate surface area is 153 Å². The van der Waals surface area contributed by atoms with Gasteiger partial charge >= 0.3 is 6.18 Å². The fourth-order valence-corrected chi connectivity index (χ4v) is 3.63. The van der Waals surface area contributed by atoms with Gasteiger partial charge in [-0.1, -0.05) is 12.1 Å². The lowest BCUT2D eigenvalue weighted by Crippen LogP contribution is -2.38. The molecule has 9 heteroatoms. The van der Waals surface area contributed by atoms with Crippen LogP contribution in [-0.2, 0) is 22.6 Å². The summed E-state index contributed by atoms with van der Waals surface area (Å²) in [6.07, 6.45) is -2.08. The molecule has 3 heterocycles. The highest BCUT2D eigenvalue weighted by molar-refractivity contribution is 5.83. The van der Waals surface area contributed by atoms with E-state index in [1.54, 1.807) is 0 Å². The zero-order valence-corrected chi connectivity index (χ0v) is 14.4. The number of carbonyl (C=O) groups excluding carboxylic acids is 1. The molecule has 144 valence electrons. The van der Waals surface area contributed by atoms with Crippen molar-refractivity contribution in [3.63, 3.8) is 0 Å². The lowest BCUT2D eigenvalue weighted by atomic mass is 10.0. The van der Waals surface area contributed by atoms with Crippen LogP contribution in [0.4, 0.5) is 13.2 Å². The van der Waals surface area contributed by atoms with Crippen LogP contribution in [0.25, 0.3) is 0 Å². The van der Waals surface area contributed by atoms with Crippen molar-refractivity contribution in [3.8, 4) is 5.75 Å². The molecule has 0 radical (unpaired) electrons. The molecule has 0 N–H and O–H groups in total. The highest BCUT2D eigenvalue weighted by atomic mass is 19.4. The Morgan fingerprint density at radius 2 is 1.96 bits per heavy atom. The Morgan fingerprint density at radius 1 is 1.19 bits per heavy atom. The van der Waals surface area contributed by atoms with Crippen molar-refractivity contribution in [1.82, 2.24) is 4.90 Å². The summed E-state index contributed by atoms with van der Waals surface area (Å²) in [6.45, 7) is 1.77. The molecule has 4 rings (SSSR count). The van der Waals surface area contributed by atoms with Gasteiger partial charge in [-0.05, 0) is 11.6 Å². The number of carbonyl (C=O) groups is 1. The molecule has 3 aliphatic heterocycles. The summed E-state index contributed by atoms with van der Waals surface area (Å²) in [4.78, 5) is 13.2. The number of rotatable bonds is 3. The first kappa shape index (κ1) is 18.0. The van der Waals surface area contributed by atoms with Crippen molar-refractivity contribution in [2.45, 2.75) is 38.2 Å². The lowest BCUT2D eigenvalue weighted by Gasteiger charge is -2.29. The zero-order valence-electron chi connectivity index (χ0n) is 14.4. The van der Waals surface area contributed by atoms with E-state index in [9.17, 15) is 18.0 Å². The van der Waals surface area contributed by atoms with Gasteiger partial charge in [0.15, 0.2) is 5.92 Å². The quantitative estimate of drug-likeness (QED) is 0.803. The van der Waals surface area contributed by atoms with Crippen molar-refractivity contribution in [2.24, 2.45) is 16.1 Å². The molecule has 6 nitrogen and oxygen atoms in total. The third-order valence-corrected chi connectivity index (χ3v) is 4.98. The Bertz CT molecular complexity index is 801. The number of nitrogens with zero attached hydrogens (tertiary/aromatic N) is 3. The third-order valence-electron chi connectivity index (χ3n) is 4.98. The molecular formula is C18H18F3N3O3. The van der Waals surface area contributed by atoms with Gasteiger partial charge in [-0.15, -0.1) is 5.11 Å². The summed E-state index contributed by atoms with van der Waals surface area (Å²) in [5.41, 5.74) is 1.56. The predicted molar refractivity (Wildman–Crippen MR) is 87.6 cm³/mol. The molecule has 1 fully saturated rings. The Balaban J connectivity index is 1.57. The average Bonchev–Trinajstić information content (AvgIpc) is 3.06. The summed E-state index contributed by atoms with van der Waals surface area (Å²) in [6, 6.07) is 5.53. The second-order valence-electron chi connectivity index (χ2n) is 6.76. The molecule has 3 aliphatic rings. The van der Waals surface area contributed by atoms with Gasteiger partial charge in [0.1, 0.15) is 11.9 Å². The molecule has 1 amide bonds. The second kappa shape index (κ2) is 6.95. The number of benzene rings is 1. The summed E-state index contributed by atoms with van der Waals surface area (Å²) in [7, 11) is 0. The largest absolute Gasteiger partial charge is 0.490 e. The Kier molecular flexibility index (Phi) is 4.63. The molecular weight excluding hydrogens is 363 g/mol. The first-order valence-electron chi connectivity index (χ1n) is 8.75. The van der Waals surface area contributed by atoms with E-state index in [2.05, 4.69) is 10.2 Å². The molecule has 0 aromatic heterocycles. The van der Waals surface area contributed by atoms with E-state index in [0.717, 1.165) is 30.2 Å². The van der Waals surface area contributed by atoms with Crippen LogP contribution in [0.15, 0.2) is 40.3 Å². The number of amides is 1. The highest BCUT2D eigenvalue weighted by Crippen LogP contribution is 2.41. The Hall–Kier alpha value is -2.42. The summed E-state index contributed by atoms with van der Waals surface area (Å²) in [5.74, 6) is -2.88. The average molecular weight is 381 g/mol. The Morgan fingerprint density at radius 3 is 2.70 bits per heavy atom. The van der Waals surface area contributed by atoms with Gasteiger partial charge < -0.3 is 14.4 Å². The van der Waals surface area contributed by atoms with E-state index >= 15 is 0 Å². The van der Waals surface area contributed by atoms with E-state index < -0.39 is 18.0 Å². The zero-order chi connectivity index (χ0) is 19.0. The van der Waals surface area contributed by atoms with Crippen LogP contribution in [0.2, 0.25) is 0 Å². The summed E-state index contributed by atoms with van der Waals surface area (Å²) < 4.78 is 51.6. The maximum absolute atomic E-state index is 13.4. The lowest BCUT2D eigenvalue weighted by molar-refractivity contribution is -0.177. The van der Waals surface area contributed by atoms with Crippen molar-refractivity contribution >= 4 is 5.91 Å². The van der Waals surface area contributed by atoms with Gasteiger partial charge in [-0.2, -0.15) is 18.3 Å². The van der Waals surface area contributed by atoms with Crippen molar-refractivity contribution < 1.29 is 27.4 Å². The maximum atomic E-state index is 13.4. The number of halogens is 3. The van der Waals surface area contributed by atoms with Gasteiger partial charge in [0.25, 0.3) is 5.91 Å². The normalized spacial score (nSPS) is 23.4. The minimum atomic E-state index is -4.71. The third kappa shape index (κ3) is 3.55. The number of hydrogen-bond donors (Lipinski definition) is 0.